The van der Waals surface area contributed by atoms with Gasteiger partial charge in [0.1, 0.15) is 18.6 Å². The van der Waals surface area contributed by atoms with Crippen LogP contribution in [0.2, 0.25) is 5.02 Å². The third-order valence-electron chi connectivity index (χ3n) is 5.21. The van der Waals surface area contributed by atoms with E-state index in [-0.39, 0.29) is 11.4 Å². The van der Waals surface area contributed by atoms with Crippen molar-refractivity contribution in [2.24, 2.45) is 0 Å². The number of aromatic nitrogens is 4. The molecule has 6 nitrogen and oxygen atoms in total. The van der Waals surface area contributed by atoms with Crippen LogP contribution in [0.25, 0.3) is 11.3 Å². The summed E-state index contributed by atoms with van der Waals surface area (Å²) in [6, 6.07) is 12.6. The van der Waals surface area contributed by atoms with Crippen LogP contribution in [0, 0.1) is 6.92 Å². The van der Waals surface area contributed by atoms with Gasteiger partial charge in [0, 0.05) is 22.8 Å². The molecule has 0 aliphatic heterocycles. The summed E-state index contributed by atoms with van der Waals surface area (Å²) in [6.07, 6.45) is 5.84. The molecule has 5 rings (SSSR count). The third kappa shape index (κ3) is 3.51. The summed E-state index contributed by atoms with van der Waals surface area (Å²) in [5.41, 5.74) is 4.68. The van der Waals surface area contributed by atoms with Crippen molar-refractivity contribution >= 4 is 17.2 Å². The molecule has 29 heavy (non-hydrogen) atoms. The average molecular weight is 407 g/mol. The molecule has 0 radical (unpaired) electrons. The van der Waals surface area contributed by atoms with Crippen molar-refractivity contribution in [1.82, 2.24) is 18.9 Å². The first-order valence-corrected chi connectivity index (χ1v) is 9.91. The maximum atomic E-state index is 12.6. The minimum Gasteiger partial charge on any atom is -0.473 e. The molecule has 3 heterocycles. The van der Waals surface area contributed by atoms with E-state index in [9.17, 15) is 4.79 Å². The van der Waals surface area contributed by atoms with Crippen LogP contribution in [-0.4, -0.2) is 18.9 Å². The number of rotatable bonds is 5. The van der Waals surface area contributed by atoms with Gasteiger partial charge in [-0.25, -0.2) is 9.97 Å². The Kier molecular flexibility index (Phi) is 4.36. The summed E-state index contributed by atoms with van der Waals surface area (Å²) in [5, 5.41) is 0.670. The smallest absolute Gasteiger partial charge is 0.261 e. The molecule has 0 bridgehead atoms. The molecular formula is C22H19ClN4O2. The van der Waals surface area contributed by atoms with E-state index in [2.05, 4.69) is 11.9 Å². The van der Waals surface area contributed by atoms with Crippen LogP contribution in [0.5, 0.6) is 5.88 Å². The minimum atomic E-state index is -0.203. The molecule has 1 fully saturated rings. The molecule has 0 saturated heterocycles. The number of nitrogens with zero attached hydrogens (tertiary/aromatic N) is 4. The summed E-state index contributed by atoms with van der Waals surface area (Å²) >= 11 is 5.89. The predicted molar refractivity (Wildman–Crippen MR) is 111 cm³/mol. The second-order valence-electron chi connectivity index (χ2n) is 7.32. The van der Waals surface area contributed by atoms with E-state index in [0.29, 0.717) is 17.5 Å². The van der Waals surface area contributed by atoms with Gasteiger partial charge in [-0.05, 0) is 49.6 Å². The van der Waals surface area contributed by atoms with Gasteiger partial charge in [0.15, 0.2) is 0 Å². The van der Waals surface area contributed by atoms with Crippen LogP contribution >= 0.6 is 11.6 Å². The van der Waals surface area contributed by atoms with Crippen molar-refractivity contribution in [1.29, 1.82) is 0 Å². The second kappa shape index (κ2) is 7.04. The fourth-order valence-corrected chi connectivity index (χ4v) is 3.58. The quantitative estimate of drug-likeness (QED) is 0.495. The van der Waals surface area contributed by atoms with E-state index >= 15 is 0 Å². The van der Waals surface area contributed by atoms with E-state index in [1.807, 2.05) is 34.9 Å². The average Bonchev–Trinajstić information content (AvgIpc) is 3.52. The van der Waals surface area contributed by atoms with Crippen LogP contribution in [0.15, 0.2) is 59.8 Å². The van der Waals surface area contributed by atoms with Crippen LogP contribution in [0.4, 0.5) is 0 Å². The highest BCUT2D eigenvalue weighted by molar-refractivity contribution is 6.30. The molecule has 1 aliphatic carbocycles. The van der Waals surface area contributed by atoms with E-state index in [1.165, 1.54) is 35.5 Å². The molecule has 1 aliphatic rings. The number of hydrogen-bond donors (Lipinski definition) is 0. The van der Waals surface area contributed by atoms with Crippen molar-refractivity contribution in [3.05, 3.63) is 87.3 Å². The molecule has 4 aromatic rings. The Morgan fingerprint density at radius 3 is 2.69 bits per heavy atom. The molecular weight excluding hydrogens is 388 g/mol. The van der Waals surface area contributed by atoms with Gasteiger partial charge >= 0.3 is 0 Å². The first kappa shape index (κ1) is 17.9. The molecule has 0 N–H and O–H groups in total. The maximum Gasteiger partial charge on any atom is 0.261 e. The number of hydrogen-bond acceptors (Lipinski definition) is 4. The maximum absolute atomic E-state index is 12.6. The minimum absolute atomic E-state index is 0.203. The monoisotopic (exact) mass is 406 g/mol. The van der Waals surface area contributed by atoms with E-state index in [0.717, 1.165) is 22.6 Å². The van der Waals surface area contributed by atoms with Crippen molar-refractivity contribution in [2.75, 3.05) is 0 Å². The lowest BCUT2D eigenvalue weighted by Gasteiger charge is -2.09. The zero-order valence-electron chi connectivity index (χ0n) is 15.9. The Balaban J connectivity index is 1.40. The standard InChI is InChI=1S/C22H19ClN4O2/c1-14-22(16-4-5-16)25-19-9-8-18(11-26(14)19)27-13-24-20(10-21(27)28)29-12-15-2-6-17(23)7-3-15/h2-3,6-11,13,16H,4-5,12H2,1H3. The summed E-state index contributed by atoms with van der Waals surface area (Å²) < 4.78 is 9.19. The van der Waals surface area contributed by atoms with Crippen molar-refractivity contribution in [3.8, 4) is 11.6 Å². The van der Waals surface area contributed by atoms with Gasteiger partial charge in [-0.2, -0.15) is 0 Å². The zero-order chi connectivity index (χ0) is 20.0. The Bertz CT molecular complexity index is 1260. The van der Waals surface area contributed by atoms with Gasteiger partial charge in [0.05, 0.1) is 17.4 Å². The van der Waals surface area contributed by atoms with Crippen LogP contribution in [-0.2, 0) is 6.61 Å². The second-order valence-corrected chi connectivity index (χ2v) is 7.76. The molecule has 146 valence electrons. The lowest BCUT2D eigenvalue weighted by atomic mass is 10.2. The number of ether oxygens (including phenoxy) is 1. The predicted octanol–water partition coefficient (Wildman–Crippen LogP) is 4.30. The van der Waals surface area contributed by atoms with Crippen LogP contribution in [0.3, 0.4) is 0 Å². The molecule has 0 unspecified atom stereocenters. The topological polar surface area (TPSA) is 61.4 Å². The third-order valence-corrected chi connectivity index (χ3v) is 5.46. The highest BCUT2D eigenvalue weighted by Gasteiger charge is 2.28. The van der Waals surface area contributed by atoms with Gasteiger partial charge in [0.2, 0.25) is 5.88 Å². The van der Waals surface area contributed by atoms with Gasteiger partial charge in [-0.15, -0.1) is 0 Å². The first-order chi connectivity index (χ1) is 14.1. The van der Waals surface area contributed by atoms with E-state index in [4.69, 9.17) is 21.3 Å². The molecule has 0 spiro atoms. The fraction of sp³-hybridized carbons (Fsp3) is 0.227. The molecule has 0 atom stereocenters. The summed E-state index contributed by atoms with van der Waals surface area (Å²) in [5.74, 6) is 0.872. The summed E-state index contributed by atoms with van der Waals surface area (Å²) in [6.45, 7) is 2.39. The lowest BCUT2D eigenvalue weighted by molar-refractivity contribution is 0.292. The number of fused-ring (bicyclic) bond motifs is 1. The summed E-state index contributed by atoms with van der Waals surface area (Å²) in [4.78, 5) is 21.7. The lowest BCUT2D eigenvalue weighted by Crippen LogP contribution is -2.18. The number of pyridine rings is 1. The Hall–Kier alpha value is -3.12. The van der Waals surface area contributed by atoms with Gasteiger partial charge in [-0.3, -0.25) is 9.36 Å². The molecule has 1 saturated carbocycles. The number of halogens is 1. The van der Waals surface area contributed by atoms with E-state index in [1.54, 1.807) is 12.1 Å². The normalized spacial score (nSPS) is 13.7. The van der Waals surface area contributed by atoms with Crippen molar-refractivity contribution in [3.63, 3.8) is 0 Å². The Morgan fingerprint density at radius 2 is 1.97 bits per heavy atom. The number of benzene rings is 1. The van der Waals surface area contributed by atoms with Crippen LogP contribution in [0.1, 0.15) is 35.7 Å². The highest BCUT2D eigenvalue weighted by Crippen LogP contribution is 2.41. The fourth-order valence-electron chi connectivity index (χ4n) is 3.45. The Labute approximate surface area is 172 Å². The number of aryl methyl sites for hydroxylation is 1. The van der Waals surface area contributed by atoms with Gasteiger partial charge in [0.25, 0.3) is 5.56 Å². The number of imidazole rings is 1. The first-order valence-electron chi connectivity index (χ1n) is 9.53. The molecule has 1 aromatic carbocycles. The largest absolute Gasteiger partial charge is 0.473 e. The molecule has 3 aromatic heterocycles. The van der Waals surface area contributed by atoms with Crippen molar-refractivity contribution in [2.45, 2.75) is 32.3 Å². The van der Waals surface area contributed by atoms with Gasteiger partial charge in [-0.1, -0.05) is 23.7 Å². The summed E-state index contributed by atoms with van der Waals surface area (Å²) in [7, 11) is 0. The zero-order valence-corrected chi connectivity index (χ0v) is 16.6. The van der Waals surface area contributed by atoms with Crippen molar-refractivity contribution < 1.29 is 4.74 Å². The highest BCUT2D eigenvalue weighted by atomic mass is 35.5. The van der Waals surface area contributed by atoms with Crippen LogP contribution < -0.4 is 10.3 Å². The molecule has 0 amide bonds. The van der Waals surface area contributed by atoms with Gasteiger partial charge < -0.3 is 9.14 Å². The Morgan fingerprint density at radius 1 is 1.17 bits per heavy atom. The molecule has 7 heteroatoms. The van der Waals surface area contributed by atoms with E-state index < -0.39 is 0 Å². The SMILES string of the molecule is Cc1c(C2CC2)nc2ccc(-n3cnc(OCc4ccc(Cl)cc4)cc3=O)cn12.